The Morgan fingerprint density at radius 2 is 1.91 bits per heavy atom. The Morgan fingerprint density at radius 1 is 1.22 bits per heavy atom. The molecule has 1 saturated heterocycles. The number of hydrogen-bond donors (Lipinski definition) is 0. The van der Waals surface area contributed by atoms with Gasteiger partial charge in [-0.3, -0.25) is 9.36 Å². The molecule has 1 aliphatic rings. The van der Waals surface area contributed by atoms with Gasteiger partial charge in [-0.1, -0.05) is 26.0 Å². The van der Waals surface area contributed by atoms with E-state index in [1.54, 1.807) is 0 Å². The van der Waals surface area contributed by atoms with Crippen LogP contribution < -0.4 is 5.56 Å². The predicted octanol–water partition coefficient (Wildman–Crippen LogP) is 3.07. The van der Waals surface area contributed by atoms with E-state index in [1.807, 2.05) is 35.8 Å². The van der Waals surface area contributed by atoms with Crippen LogP contribution in [0.5, 0.6) is 0 Å². The van der Waals surface area contributed by atoms with E-state index in [9.17, 15) is 4.79 Å². The van der Waals surface area contributed by atoms with Gasteiger partial charge in [-0.2, -0.15) is 0 Å². The van der Waals surface area contributed by atoms with Crippen molar-refractivity contribution in [3.05, 3.63) is 40.4 Å². The fourth-order valence-electron chi connectivity index (χ4n) is 3.62. The Balaban J connectivity index is 1.74. The molecule has 124 valence electrons. The van der Waals surface area contributed by atoms with Crippen LogP contribution in [0, 0.1) is 18.8 Å². The topological polar surface area (TPSA) is 38.1 Å². The highest BCUT2D eigenvalue weighted by Crippen LogP contribution is 2.20. The smallest absolute Gasteiger partial charge is 0.261 e. The predicted molar refractivity (Wildman–Crippen MR) is 94.7 cm³/mol. The van der Waals surface area contributed by atoms with Crippen molar-refractivity contribution in [1.29, 1.82) is 0 Å². The number of rotatable bonds is 4. The van der Waals surface area contributed by atoms with Crippen molar-refractivity contribution in [3.63, 3.8) is 0 Å². The summed E-state index contributed by atoms with van der Waals surface area (Å²) in [7, 11) is 0. The minimum Gasteiger partial charge on any atom is -0.303 e. The molecule has 0 saturated carbocycles. The molecule has 1 aromatic heterocycles. The highest BCUT2D eigenvalue weighted by Gasteiger charge is 2.21. The van der Waals surface area contributed by atoms with Crippen LogP contribution in [0.25, 0.3) is 10.9 Å². The number of piperidine rings is 1. The molecule has 1 aliphatic heterocycles. The largest absolute Gasteiger partial charge is 0.303 e. The maximum Gasteiger partial charge on any atom is 0.261 e. The standard InChI is InChI=1S/C19H27N3O/c1-14(2)12-21-10-8-16(9-11-21)13-22-15(3)20-18-7-5-4-6-17(18)19(22)23/h4-7,14,16H,8-13H2,1-3H3. The van der Waals surface area contributed by atoms with Gasteiger partial charge in [-0.25, -0.2) is 4.98 Å². The van der Waals surface area contributed by atoms with Gasteiger partial charge >= 0.3 is 0 Å². The highest BCUT2D eigenvalue weighted by molar-refractivity contribution is 5.77. The molecule has 1 fully saturated rings. The van der Waals surface area contributed by atoms with E-state index in [-0.39, 0.29) is 5.56 Å². The van der Waals surface area contributed by atoms with Crippen molar-refractivity contribution in [3.8, 4) is 0 Å². The number of likely N-dealkylation sites (tertiary alicyclic amines) is 1. The summed E-state index contributed by atoms with van der Waals surface area (Å²) in [5.74, 6) is 2.14. The van der Waals surface area contributed by atoms with Gasteiger partial charge in [0, 0.05) is 13.1 Å². The first-order valence-corrected chi connectivity index (χ1v) is 8.73. The summed E-state index contributed by atoms with van der Waals surface area (Å²) in [6.07, 6.45) is 2.34. The second-order valence-corrected chi connectivity index (χ2v) is 7.23. The van der Waals surface area contributed by atoms with E-state index in [1.165, 1.54) is 19.4 Å². The van der Waals surface area contributed by atoms with Crippen molar-refractivity contribution in [2.45, 2.75) is 40.2 Å². The maximum atomic E-state index is 12.7. The zero-order valence-electron chi connectivity index (χ0n) is 14.5. The van der Waals surface area contributed by atoms with Crippen molar-refractivity contribution in [1.82, 2.24) is 14.5 Å². The molecule has 0 radical (unpaired) electrons. The Hall–Kier alpha value is -1.68. The minimum absolute atomic E-state index is 0.109. The monoisotopic (exact) mass is 313 g/mol. The molecule has 0 unspecified atom stereocenters. The Bertz CT molecular complexity index is 727. The second kappa shape index (κ2) is 6.83. The quantitative estimate of drug-likeness (QED) is 0.870. The van der Waals surface area contributed by atoms with E-state index in [4.69, 9.17) is 0 Å². The fraction of sp³-hybridized carbons (Fsp3) is 0.579. The molecule has 0 atom stereocenters. The Morgan fingerprint density at radius 3 is 2.61 bits per heavy atom. The molecule has 2 heterocycles. The SMILES string of the molecule is Cc1nc2ccccc2c(=O)n1CC1CCN(CC(C)C)CC1. The van der Waals surface area contributed by atoms with Crippen LogP contribution in [0.2, 0.25) is 0 Å². The third-order valence-corrected chi connectivity index (χ3v) is 4.82. The highest BCUT2D eigenvalue weighted by atomic mass is 16.1. The number of aromatic nitrogens is 2. The molecule has 0 spiro atoms. The maximum absolute atomic E-state index is 12.7. The van der Waals surface area contributed by atoms with E-state index in [0.29, 0.717) is 5.92 Å². The lowest BCUT2D eigenvalue weighted by Gasteiger charge is -2.33. The lowest BCUT2D eigenvalue weighted by atomic mass is 9.96. The van der Waals surface area contributed by atoms with Gasteiger partial charge in [0.25, 0.3) is 5.56 Å². The van der Waals surface area contributed by atoms with E-state index in [2.05, 4.69) is 23.7 Å². The average Bonchev–Trinajstić information content (AvgIpc) is 2.52. The number of aryl methyl sites for hydroxylation is 1. The second-order valence-electron chi connectivity index (χ2n) is 7.23. The zero-order chi connectivity index (χ0) is 16.4. The van der Waals surface area contributed by atoms with Crippen molar-refractivity contribution in [2.24, 2.45) is 11.8 Å². The minimum atomic E-state index is 0.109. The fourth-order valence-corrected chi connectivity index (χ4v) is 3.62. The van der Waals surface area contributed by atoms with Gasteiger partial charge < -0.3 is 4.90 Å². The molecule has 3 rings (SSSR count). The van der Waals surface area contributed by atoms with Gasteiger partial charge in [-0.15, -0.1) is 0 Å². The van der Waals surface area contributed by atoms with E-state index < -0.39 is 0 Å². The number of fused-ring (bicyclic) bond motifs is 1. The molecule has 0 aliphatic carbocycles. The van der Waals surface area contributed by atoms with Crippen LogP contribution in [-0.4, -0.2) is 34.1 Å². The summed E-state index contributed by atoms with van der Waals surface area (Å²) >= 11 is 0. The summed E-state index contributed by atoms with van der Waals surface area (Å²) in [4.78, 5) is 19.9. The number of hydrogen-bond acceptors (Lipinski definition) is 3. The first kappa shape index (κ1) is 16.2. The first-order chi connectivity index (χ1) is 11.0. The van der Waals surface area contributed by atoms with E-state index in [0.717, 1.165) is 42.3 Å². The van der Waals surface area contributed by atoms with Gasteiger partial charge in [0.1, 0.15) is 5.82 Å². The van der Waals surface area contributed by atoms with Gasteiger partial charge in [0.15, 0.2) is 0 Å². The average molecular weight is 313 g/mol. The van der Waals surface area contributed by atoms with Crippen LogP contribution in [-0.2, 0) is 6.54 Å². The van der Waals surface area contributed by atoms with Crippen LogP contribution in [0.3, 0.4) is 0 Å². The lowest BCUT2D eigenvalue weighted by molar-refractivity contribution is 0.158. The van der Waals surface area contributed by atoms with Gasteiger partial charge in [-0.05, 0) is 56.8 Å². The van der Waals surface area contributed by atoms with Gasteiger partial charge in [0.2, 0.25) is 0 Å². The normalized spacial score (nSPS) is 17.2. The summed E-state index contributed by atoms with van der Waals surface area (Å²) in [6.45, 7) is 10.8. The number of para-hydroxylation sites is 1. The summed E-state index contributed by atoms with van der Waals surface area (Å²) < 4.78 is 1.88. The van der Waals surface area contributed by atoms with Crippen LogP contribution in [0.4, 0.5) is 0 Å². The number of benzene rings is 1. The summed E-state index contributed by atoms with van der Waals surface area (Å²) in [5, 5.41) is 0.732. The van der Waals surface area contributed by atoms with Crippen molar-refractivity contribution in [2.75, 3.05) is 19.6 Å². The van der Waals surface area contributed by atoms with Crippen LogP contribution in [0.15, 0.2) is 29.1 Å². The molecule has 0 amide bonds. The van der Waals surface area contributed by atoms with Crippen LogP contribution in [0.1, 0.15) is 32.5 Å². The summed E-state index contributed by atoms with van der Waals surface area (Å²) in [5.41, 5.74) is 0.913. The van der Waals surface area contributed by atoms with Crippen molar-refractivity contribution < 1.29 is 0 Å². The molecule has 0 N–H and O–H groups in total. The third-order valence-electron chi connectivity index (χ3n) is 4.82. The molecule has 23 heavy (non-hydrogen) atoms. The first-order valence-electron chi connectivity index (χ1n) is 8.73. The molecular weight excluding hydrogens is 286 g/mol. The molecule has 1 aromatic carbocycles. The molecule has 0 bridgehead atoms. The number of nitrogens with zero attached hydrogens (tertiary/aromatic N) is 3. The summed E-state index contributed by atoms with van der Waals surface area (Å²) in [6, 6.07) is 7.64. The molecule has 4 heteroatoms. The Labute approximate surface area is 138 Å². The Kier molecular flexibility index (Phi) is 4.81. The molecule has 2 aromatic rings. The zero-order valence-corrected chi connectivity index (χ0v) is 14.5. The molecular formula is C19H27N3O. The van der Waals surface area contributed by atoms with Gasteiger partial charge in [0.05, 0.1) is 10.9 Å². The van der Waals surface area contributed by atoms with E-state index >= 15 is 0 Å². The third kappa shape index (κ3) is 3.63. The molecule has 4 nitrogen and oxygen atoms in total. The van der Waals surface area contributed by atoms with Crippen LogP contribution >= 0.6 is 0 Å². The lowest BCUT2D eigenvalue weighted by Crippen LogP contribution is -2.38. The van der Waals surface area contributed by atoms with Crippen molar-refractivity contribution >= 4 is 10.9 Å².